The second kappa shape index (κ2) is 5.93. The number of carbonyl (C=O) groups excluding carboxylic acids is 2. The van der Waals surface area contributed by atoms with Gasteiger partial charge in [-0.1, -0.05) is 0 Å². The Hall–Kier alpha value is -1.14. The van der Waals surface area contributed by atoms with Crippen LogP contribution >= 0.6 is 0 Å². The van der Waals surface area contributed by atoms with Gasteiger partial charge < -0.3 is 19.4 Å². The Morgan fingerprint density at radius 2 is 2.14 bits per heavy atom. The molecule has 2 amide bonds. The monoisotopic (exact) mass is 295 g/mol. The minimum Gasteiger partial charge on any atom is -0.368 e. The number of fused-ring (bicyclic) bond motifs is 1. The molecule has 0 N–H and O–H groups in total. The first-order valence-corrected chi connectivity index (χ1v) is 7.90. The van der Waals surface area contributed by atoms with E-state index in [0.717, 1.165) is 32.5 Å². The third-order valence-corrected chi connectivity index (χ3v) is 4.86. The van der Waals surface area contributed by atoms with Crippen LogP contribution in [0.2, 0.25) is 0 Å². The summed E-state index contributed by atoms with van der Waals surface area (Å²) >= 11 is 0. The van der Waals surface area contributed by atoms with Crippen molar-refractivity contribution in [3.05, 3.63) is 0 Å². The van der Waals surface area contributed by atoms with E-state index in [1.54, 1.807) is 0 Å². The lowest BCUT2D eigenvalue weighted by Crippen LogP contribution is -2.41. The van der Waals surface area contributed by atoms with E-state index in [0.29, 0.717) is 25.6 Å². The number of likely N-dealkylation sites (N-methyl/N-ethyl adjacent to an activating group) is 1. The topological polar surface area (TPSA) is 53.1 Å². The smallest absolute Gasteiger partial charge is 0.251 e. The first-order chi connectivity index (χ1) is 10.1. The van der Waals surface area contributed by atoms with Gasteiger partial charge in [-0.3, -0.25) is 9.59 Å². The predicted molar refractivity (Wildman–Crippen MR) is 77.7 cm³/mol. The molecule has 6 heteroatoms. The Morgan fingerprint density at radius 1 is 1.33 bits per heavy atom. The predicted octanol–water partition coefficient (Wildman–Crippen LogP) is -0.356. The number of ether oxygens (including phenoxy) is 1. The lowest BCUT2D eigenvalue weighted by Gasteiger charge is -2.24. The normalized spacial score (nSPS) is 32.3. The summed E-state index contributed by atoms with van der Waals surface area (Å²) in [4.78, 5) is 30.7. The molecule has 0 spiro atoms. The van der Waals surface area contributed by atoms with Gasteiger partial charge >= 0.3 is 0 Å². The summed E-state index contributed by atoms with van der Waals surface area (Å²) in [6.07, 6.45) is 1.53. The van der Waals surface area contributed by atoms with Crippen LogP contribution in [0.4, 0.5) is 0 Å². The van der Waals surface area contributed by atoms with Crippen LogP contribution in [-0.4, -0.2) is 86.0 Å². The fourth-order valence-corrected chi connectivity index (χ4v) is 3.62. The second-order valence-corrected chi connectivity index (χ2v) is 6.70. The summed E-state index contributed by atoms with van der Waals surface area (Å²) in [6.45, 7) is 4.47. The summed E-state index contributed by atoms with van der Waals surface area (Å²) in [7, 11) is 4.03. The minimum absolute atomic E-state index is 0.0116. The Balaban J connectivity index is 1.54. The van der Waals surface area contributed by atoms with Gasteiger partial charge in [0.2, 0.25) is 5.91 Å². The van der Waals surface area contributed by atoms with E-state index in [9.17, 15) is 9.59 Å². The zero-order valence-electron chi connectivity index (χ0n) is 13.0. The maximum atomic E-state index is 12.4. The van der Waals surface area contributed by atoms with Crippen LogP contribution < -0.4 is 0 Å². The van der Waals surface area contributed by atoms with Gasteiger partial charge in [0.15, 0.2) is 0 Å². The number of rotatable bonds is 4. The number of likely N-dealkylation sites (tertiary alicyclic amines) is 2. The van der Waals surface area contributed by atoms with Gasteiger partial charge in [-0.15, -0.1) is 0 Å². The van der Waals surface area contributed by atoms with Crippen LogP contribution in [0.5, 0.6) is 0 Å². The Labute approximate surface area is 126 Å². The van der Waals surface area contributed by atoms with E-state index >= 15 is 0 Å². The average molecular weight is 295 g/mol. The lowest BCUT2D eigenvalue weighted by molar-refractivity contribution is -0.140. The summed E-state index contributed by atoms with van der Waals surface area (Å²) in [5, 5.41) is 0. The molecular weight excluding hydrogens is 270 g/mol. The number of hydrogen-bond donors (Lipinski definition) is 0. The third-order valence-electron chi connectivity index (χ3n) is 4.86. The van der Waals surface area contributed by atoms with E-state index in [-0.39, 0.29) is 23.8 Å². The molecule has 3 heterocycles. The highest BCUT2D eigenvalue weighted by molar-refractivity contribution is 5.86. The standard InChI is InChI=1S/C15H25N3O3/c1-16(2)5-6-17-8-11-9-18(10-12(11)14(17)19)15(20)13-4-3-7-21-13/h11-13H,3-10H2,1-2H3/t11-,12+,13-/m1/s1. The molecule has 3 aliphatic heterocycles. The molecule has 21 heavy (non-hydrogen) atoms. The summed E-state index contributed by atoms with van der Waals surface area (Å²) < 4.78 is 5.47. The molecule has 3 fully saturated rings. The third kappa shape index (κ3) is 2.92. The van der Waals surface area contributed by atoms with Crippen molar-refractivity contribution in [2.24, 2.45) is 11.8 Å². The largest absolute Gasteiger partial charge is 0.368 e. The van der Waals surface area contributed by atoms with Crippen molar-refractivity contribution in [3.8, 4) is 0 Å². The number of amides is 2. The Morgan fingerprint density at radius 3 is 2.76 bits per heavy atom. The molecule has 3 atom stereocenters. The van der Waals surface area contributed by atoms with Gasteiger partial charge in [0, 0.05) is 45.2 Å². The van der Waals surface area contributed by atoms with Crippen molar-refractivity contribution in [1.29, 1.82) is 0 Å². The van der Waals surface area contributed by atoms with Gasteiger partial charge in [0.05, 0.1) is 5.92 Å². The lowest BCUT2D eigenvalue weighted by atomic mass is 10.0. The Kier molecular flexibility index (Phi) is 4.17. The van der Waals surface area contributed by atoms with Crippen molar-refractivity contribution >= 4 is 11.8 Å². The van der Waals surface area contributed by atoms with Crippen LogP contribution in [0, 0.1) is 11.8 Å². The van der Waals surface area contributed by atoms with E-state index in [2.05, 4.69) is 4.90 Å². The molecule has 0 aromatic rings. The van der Waals surface area contributed by atoms with E-state index < -0.39 is 0 Å². The quantitative estimate of drug-likeness (QED) is 0.711. The van der Waals surface area contributed by atoms with Gasteiger partial charge in [0.1, 0.15) is 6.10 Å². The first kappa shape index (κ1) is 14.8. The van der Waals surface area contributed by atoms with Crippen molar-refractivity contribution in [3.63, 3.8) is 0 Å². The van der Waals surface area contributed by atoms with Crippen molar-refractivity contribution in [1.82, 2.24) is 14.7 Å². The minimum atomic E-state index is -0.260. The molecule has 0 aromatic heterocycles. The van der Waals surface area contributed by atoms with Crippen molar-refractivity contribution in [2.75, 3.05) is 53.4 Å². The molecule has 118 valence electrons. The zero-order valence-corrected chi connectivity index (χ0v) is 13.0. The molecular formula is C15H25N3O3. The van der Waals surface area contributed by atoms with E-state index in [1.165, 1.54) is 0 Å². The van der Waals surface area contributed by atoms with Crippen LogP contribution in [0.1, 0.15) is 12.8 Å². The molecule has 3 rings (SSSR count). The highest BCUT2D eigenvalue weighted by Crippen LogP contribution is 2.33. The van der Waals surface area contributed by atoms with Crippen molar-refractivity contribution in [2.45, 2.75) is 18.9 Å². The maximum absolute atomic E-state index is 12.4. The second-order valence-electron chi connectivity index (χ2n) is 6.70. The van der Waals surface area contributed by atoms with Crippen LogP contribution in [0.15, 0.2) is 0 Å². The molecule has 0 radical (unpaired) electrons. The zero-order chi connectivity index (χ0) is 15.0. The van der Waals surface area contributed by atoms with Crippen molar-refractivity contribution < 1.29 is 14.3 Å². The molecule has 0 unspecified atom stereocenters. The molecule has 6 nitrogen and oxygen atoms in total. The van der Waals surface area contributed by atoms with Crippen LogP contribution in [-0.2, 0) is 14.3 Å². The molecule has 0 aliphatic carbocycles. The average Bonchev–Trinajstić information content (AvgIpc) is 3.14. The maximum Gasteiger partial charge on any atom is 0.251 e. The van der Waals surface area contributed by atoms with E-state index in [1.807, 2.05) is 23.9 Å². The molecule has 3 saturated heterocycles. The van der Waals surface area contributed by atoms with Gasteiger partial charge in [-0.2, -0.15) is 0 Å². The molecule has 0 aromatic carbocycles. The summed E-state index contributed by atoms with van der Waals surface area (Å²) in [5.41, 5.74) is 0. The molecule has 0 saturated carbocycles. The Bertz CT molecular complexity index is 420. The summed E-state index contributed by atoms with van der Waals surface area (Å²) in [5.74, 6) is 0.640. The SMILES string of the molecule is CN(C)CCN1C[C@@H]2CN(C(=O)[C@H]3CCCO3)C[C@@H]2C1=O. The van der Waals surface area contributed by atoms with Gasteiger partial charge in [-0.05, 0) is 26.9 Å². The van der Waals surface area contributed by atoms with E-state index in [4.69, 9.17) is 4.74 Å². The highest BCUT2D eigenvalue weighted by Gasteiger charge is 2.48. The fourth-order valence-electron chi connectivity index (χ4n) is 3.62. The highest BCUT2D eigenvalue weighted by atomic mass is 16.5. The number of nitrogens with zero attached hydrogens (tertiary/aromatic N) is 3. The van der Waals surface area contributed by atoms with Crippen LogP contribution in [0.25, 0.3) is 0 Å². The first-order valence-electron chi connectivity index (χ1n) is 7.90. The number of hydrogen-bond acceptors (Lipinski definition) is 4. The number of carbonyl (C=O) groups is 2. The molecule has 3 aliphatic rings. The fraction of sp³-hybridized carbons (Fsp3) is 0.867. The molecule has 0 bridgehead atoms. The van der Waals surface area contributed by atoms with Gasteiger partial charge in [0.25, 0.3) is 5.91 Å². The van der Waals surface area contributed by atoms with Gasteiger partial charge in [-0.25, -0.2) is 0 Å². The van der Waals surface area contributed by atoms with Crippen LogP contribution in [0.3, 0.4) is 0 Å². The summed E-state index contributed by atoms with van der Waals surface area (Å²) in [6, 6.07) is 0.